The lowest BCUT2D eigenvalue weighted by Crippen LogP contribution is -1.97. The van der Waals surface area contributed by atoms with E-state index < -0.39 is 0 Å². The number of pyridine rings is 1. The van der Waals surface area contributed by atoms with Gasteiger partial charge in [-0.1, -0.05) is 22.0 Å². The molecule has 0 spiro atoms. The summed E-state index contributed by atoms with van der Waals surface area (Å²) in [6.45, 7) is 2.02. The van der Waals surface area contributed by atoms with Crippen LogP contribution in [0.4, 0.5) is 0 Å². The first kappa shape index (κ1) is 11.7. The molecule has 0 aliphatic carbocycles. The van der Waals surface area contributed by atoms with Crippen LogP contribution in [0.2, 0.25) is 5.22 Å². The molecule has 2 rings (SSSR count). The third kappa shape index (κ3) is 2.66. The molecule has 2 aromatic heterocycles. The molecule has 0 radical (unpaired) electrons. The van der Waals surface area contributed by atoms with Gasteiger partial charge in [-0.25, -0.2) is 0 Å². The standard InChI is InChI=1S/C12H11BrClNO/c1-8-2-3-9(15-7-8)6-11(13)10-4-5-16-12(10)14/h2-5,7,11H,6H2,1H3. The maximum Gasteiger partial charge on any atom is 0.197 e. The summed E-state index contributed by atoms with van der Waals surface area (Å²) in [5.74, 6) is 0. The van der Waals surface area contributed by atoms with Crippen molar-refractivity contribution in [3.63, 3.8) is 0 Å². The monoisotopic (exact) mass is 299 g/mol. The first-order valence-corrected chi connectivity index (χ1v) is 6.24. The molecule has 0 saturated heterocycles. The lowest BCUT2D eigenvalue weighted by Gasteiger charge is -2.07. The number of hydrogen-bond donors (Lipinski definition) is 0. The molecule has 1 unspecified atom stereocenters. The summed E-state index contributed by atoms with van der Waals surface area (Å²) in [5, 5.41) is 0.439. The number of furan rings is 1. The normalized spacial score (nSPS) is 12.7. The lowest BCUT2D eigenvalue weighted by atomic mass is 10.1. The molecule has 0 aliphatic heterocycles. The third-order valence-corrected chi connectivity index (χ3v) is 3.47. The zero-order valence-electron chi connectivity index (χ0n) is 8.78. The van der Waals surface area contributed by atoms with Crippen molar-refractivity contribution in [2.24, 2.45) is 0 Å². The highest BCUT2D eigenvalue weighted by Gasteiger charge is 2.14. The Morgan fingerprint density at radius 1 is 1.44 bits per heavy atom. The van der Waals surface area contributed by atoms with Crippen LogP contribution in [0, 0.1) is 6.92 Å². The number of aryl methyl sites for hydroxylation is 1. The fourth-order valence-electron chi connectivity index (χ4n) is 1.44. The van der Waals surface area contributed by atoms with Crippen molar-refractivity contribution in [2.45, 2.75) is 18.2 Å². The molecule has 16 heavy (non-hydrogen) atoms. The van der Waals surface area contributed by atoms with Gasteiger partial charge in [-0.15, -0.1) is 0 Å². The van der Waals surface area contributed by atoms with Crippen molar-refractivity contribution in [2.75, 3.05) is 0 Å². The summed E-state index contributed by atoms with van der Waals surface area (Å²) in [6, 6.07) is 5.95. The van der Waals surface area contributed by atoms with Crippen LogP contribution in [0.25, 0.3) is 0 Å². The van der Waals surface area contributed by atoms with Crippen molar-refractivity contribution >= 4 is 27.5 Å². The molecule has 2 aromatic rings. The van der Waals surface area contributed by atoms with Crippen LogP contribution >= 0.6 is 27.5 Å². The van der Waals surface area contributed by atoms with E-state index in [9.17, 15) is 0 Å². The quantitative estimate of drug-likeness (QED) is 0.789. The van der Waals surface area contributed by atoms with Crippen LogP contribution in [0.15, 0.2) is 35.1 Å². The van der Waals surface area contributed by atoms with Crippen molar-refractivity contribution in [1.29, 1.82) is 0 Å². The first-order valence-electron chi connectivity index (χ1n) is 4.95. The van der Waals surface area contributed by atoms with Gasteiger partial charge in [-0.3, -0.25) is 4.98 Å². The van der Waals surface area contributed by atoms with Crippen molar-refractivity contribution < 1.29 is 4.42 Å². The average molecular weight is 301 g/mol. The SMILES string of the molecule is Cc1ccc(CC(Br)c2ccoc2Cl)nc1. The van der Waals surface area contributed by atoms with Gasteiger partial charge < -0.3 is 4.42 Å². The molecule has 1 atom stereocenters. The van der Waals surface area contributed by atoms with E-state index in [-0.39, 0.29) is 4.83 Å². The molecule has 0 N–H and O–H groups in total. The maximum atomic E-state index is 5.91. The molecule has 84 valence electrons. The Kier molecular flexibility index (Phi) is 3.66. The molecule has 0 aliphatic rings. The number of nitrogens with zero attached hydrogens (tertiary/aromatic N) is 1. The Morgan fingerprint density at radius 3 is 2.81 bits per heavy atom. The first-order chi connectivity index (χ1) is 7.66. The lowest BCUT2D eigenvalue weighted by molar-refractivity contribution is 0.565. The van der Waals surface area contributed by atoms with Crippen LogP contribution in [-0.4, -0.2) is 4.98 Å². The number of aromatic nitrogens is 1. The number of halogens is 2. The summed E-state index contributed by atoms with van der Waals surface area (Å²) in [6.07, 6.45) is 4.25. The Hall–Kier alpha value is -0.800. The van der Waals surface area contributed by atoms with Crippen LogP contribution in [0.5, 0.6) is 0 Å². The summed E-state index contributed by atoms with van der Waals surface area (Å²) in [4.78, 5) is 4.49. The Morgan fingerprint density at radius 2 is 2.25 bits per heavy atom. The van der Waals surface area contributed by atoms with Crippen molar-refractivity contribution in [1.82, 2.24) is 4.98 Å². The highest BCUT2D eigenvalue weighted by Crippen LogP contribution is 2.32. The van der Waals surface area contributed by atoms with Gasteiger partial charge in [0.25, 0.3) is 0 Å². The topological polar surface area (TPSA) is 26.0 Å². The predicted octanol–water partition coefficient (Wildman–Crippen LogP) is 4.32. The number of alkyl halides is 1. The molecule has 0 bridgehead atoms. The van der Waals surface area contributed by atoms with E-state index >= 15 is 0 Å². The Bertz CT molecular complexity index is 466. The van der Waals surface area contributed by atoms with E-state index in [0.717, 1.165) is 23.2 Å². The minimum absolute atomic E-state index is 0.133. The van der Waals surface area contributed by atoms with Gasteiger partial charge in [-0.2, -0.15) is 0 Å². The Labute approximate surface area is 108 Å². The molecule has 0 saturated carbocycles. The fourth-order valence-corrected chi connectivity index (χ4v) is 2.51. The van der Waals surface area contributed by atoms with Crippen LogP contribution in [0.1, 0.15) is 21.6 Å². The summed E-state index contributed by atoms with van der Waals surface area (Å²) in [7, 11) is 0. The minimum Gasteiger partial charge on any atom is -0.453 e. The highest BCUT2D eigenvalue weighted by atomic mass is 79.9. The molecule has 2 nitrogen and oxygen atoms in total. The molecular formula is C12H11BrClNO. The second kappa shape index (κ2) is 5.02. The van der Waals surface area contributed by atoms with Crippen LogP contribution in [-0.2, 0) is 6.42 Å². The van der Waals surface area contributed by atoms with Gasteiger partial charge in [0.05, 0.1) is 6.26 Å². The largest absolute Gasteiger partial charge is 0.453 e. The van der Waals surface area contributed by atoms with Gasteiger partial charge in [0.2, 0.25) is 0 Å². The highest BCUT2D eigenvalue weighted by molar-refractivity contribution is 9.09. The molecule has 0 amide bonds. The van der Waals surface area contributed by atoms with Gasteiger partial charge in [0, 0.05) is 28.7 Å². The van der Waals surface area contributed by atoms with Gasteiger partial charge >= 0.3 is 0 Å². The third-order valence-electron chi connectivity index (χ3n) is 2.34. The Balaban J connectivity index is 2.10. The second-order valence-electron chi connectivity index (χ2n) is 3.65. The average Bonchev–Trinajstić information content (AvgIpc) is 2.68. The van der Waals surface area contributed by atoms with E-state index in [2.05, 4.69) is 27.0 Å². The summed E-state index contributed by atoms with van der Waals surface area (Å²) >= 11 is 9.50. The smallest absolute Gasteiger partial charge is 0.197 e. The zero-order valence-corrected chi connectivity index (χ0v) is 11.1. The van der Waals surface area contributed by atoms with Crippen molar-refractivity contribution in [3.05, 3.63) is 52.7 Å². The molecule has 0 aromatic carbocycles. The predicted molar refractivity (Wildman–Crippen MR) is 68.1 cm³/mol. The van der Waals surface area contributed by atoms with E-state index in [1.54, 1.807) is 6.26 Å². The zero-order chi connectivity index (χ0) is 11.5. The van der Waals surface area contributed by atoms with Gasteiger partial charge in [0.15, 0.2) is 5.22 Å². The molecule has 0 fully saturated rings. The summed E-state index contributed by atoms with van der Waals surface area (Å²) in [5.41, 5.74) is 3.16. The van der Waals surface area contributed by atoms with Gasteiger partial charge in [-0.05, 0) is 36.2 Å². The van der Waals surface area contributed by atoms with Crippen LogP contribution in [0.3, 0.4) is 0 Å². The van der Waals surface area contributed by atoms with E-state index in [4.69, 9.17) is 16.0 Å². The maximum absolute atomic E-state index is 5.91. The van der Waals surface area contributed by atoms with Crippen molar-refractivity contribution in [3.8, 4) is 0 Å². The molecular weight excluding hydrogens is 289 g/mol. The van der Waals surface area contributed by atoms with E-state index in [1.807, 2.05) is 25.3 Å². The van der Waals surface area contributed by atoms with E-state index in [0.29, 0.717) is 5.22 Å². The van der Waals surface area contributed by atoms with E-state index in [1.165, 1.54) is 0 Å². The number of rotatable bonds is 3. The molecule has 4 heteroatoms. The summed E-state index contributed by atoms with van der Waals surface area (Å²) < 4.78 is 5.06. The molecule has 2 heterocycles. The van der Waals surface area contributed by atoms with Crippen LogP contribution < -0.4 is 0 Å². The van der Waals surface area contributed by atoms with Gasteiger partial charge in [0.1, 0.15) is 0 Å². The minimum atomic E-state index is 0.133. The fraction of sp³-hybridized carbons (Fsp3) is 0.250. The second-order valence-corrected chi connectivity index (χ2v) is 5.10. The number of hydrogen-bond acceptors (Lipinski definition) is 2.